The summed E-state index contributed by atoms with van der Waals surface area (Å²) >= 11 is 0. The van der Waals surface area contributed by atoms with Crippen molar-refractivity contribution in [1.29, 1.82) is 0 Å². The molecule has 274 valence electrons. The molecule has 2 aliphatic rings. The van der Waals surface area contributed by atoms with Gasteiger partial charge in [0.15, 0.2) is 0 Å². The van der Waals surface area contributed by atoms with Crippen LogP contribution in [0, 0.1) is 0 Å². The lowest BCUT2D eigenvalue weighted by atomic mass is 9.81. The lowest BCUT2D eigenvalue weighted by Gasteiger charge is -2.18. The van der Waals surface area contributed by atoms with Crippen LogP contribution in [0.1, 0.15) is 0 Å². The number of rotatable bonds is 3. The molecule has 11 aromatic carbocycles. The minimum atomic E-state index is -1.34. The van der Waals surface area contributed by atoms with Gasteiger partial charge in [-0.05, 0) is 162 Å². The molecule has 0 fully saturated rings. The number of fused-ring (bicyclic) bond motifs is 11. The molecule has 0 radical (unpaired) electrons. The Morgan fingerprint density at radius 1 is 0.254 bits per heavy atom. The van der Waals surface area contributed by atoms with Crippen molar-refractivity contribution in [1.82, 2.24) is 0 Å². The van der Waals surface area contributed by atoms with E-state index in [1.807, 2.05) is 6.07 Å². The van der Waals surface area contributed by atoms with Gasteiger partial charge in [0.25, 0.3) is 0 Å². The van der Waals surface area contributed by atoms with E-state index in [2.05, 4.69) is 170 Å². The van der Waals surface area contributed by atoms with Crippen molar-refractivity contribution < 1.29 is 10.0 Å². The Labute approximate surface area is 342 Å². The maximum atomic E-state index is 8.58. The van der Waals surface area contributed by atoms with Gasteiger partial charge in [-0.3, -0.25) is 0 Å². The fraction of sp³-hybridized carbons (Fsp3) is 0. The first kappa shape index (κ1) is 33.8. The third-order valence-corrected chi connectivity index (χ3v) is 12.6. The molecular formula is C56H35BO2. The summed E-state index contributed by atoms with van der Waals surface area (Å²) in [5.41, 5.74) is 16.2. The molecule has 0 amide bonds. The monoisotopic (exact) mass is 750 g/mol. The number of benzene rings is 11. The van der Waals surface area contributed by atoms with Crippen LogP contribution in [0.15, 0.2) is 200 Å². The molecule has 0 spiro atoms. The van der Waals surface area contributed by atoms with E-state index >= 15 is 0 Å². The van der Waals surface area contributed by atoms with E-state index in [-0.39, 0.29) is 0 Å². The lowest BCUT2D eigenvalue weighted by molar-refractivity contribution is 0.426. The summed E-state index contributed by atoms with van der Waals surface area (Å²) in [6.45, 7) is 0. The molecule has 0 saturated carbocycles. The van der Waals surface area contributed by atoms with E-state index in [0.29, 0.717) is 5.46 Å². The van der Waals surface area contributed by atoms with Crippen LogP contribution in [0.3, 0.4) is 0 Å². The van der Waals surface area contributed by atoms with Gasteiger partial charge in [0.2, 0.25) is 0 Å². The Bertz CT molecular complexity index is 3280. The van der Waals surface area contributed by atoms with Crippen LogP contribution in [0.4, 0.5) is 0 Å². The summed E-state index contributed by atoms with van der Waals surface area (Å²) in [6, 6.07) is 72.5. The van der Waals surface area contributed by atoms with Crippen LogP contribution >= 0.6 is 0 Å². The Morgan fingerprint density at radius 2 is 0.559 bits per heavy atom. The largest absolute Gasteiger partial charge is 0.488 e. The number of hydrogen-bond acceptors (Lipinski definition) is 2. The standard InChI is InChI=1S/C50H28.C6H7BO2/c1-3-11-29(12-4-1)37-23-45-46(47-27-41-35-21-9-17-31-15-7-19-33(49(31)35)39(41)25-43(37)47)24-38(30-13-5-2-6-14-30)44-26-40-34-20-8-16-32-18-10-22-36(50(32)34)42(40)28-48(44)45;8-7(9)6-4-2-1-3-5-6/h1-28H;1-5,8-9H. The van der Waals surface area contributed by atoms with E-state index in [1.54, 1.807) is 24.3 Å². The van der Waals surface area contributed by atoms with Crippen LogP contribution in [-0.2, 0) is 0 Å². The summed E-state index contributed by atoms with van der Waals surface area (Å²) in [5, 5.41) is 30.3. The van der Waals surface area contributed by atoms with Gasteiger partial charge in [0.05, 0.1) is 0 Å². The van der Waals surface area contributed by atoms with Gasteiger partial charge in [-0.1, -0.05) is 164 Å². The molecule has 0 bridgehead atoms. The molecule has 0 atom stereocenters. The highest BCUT2D eigenvalue weighted by Crippen LogP contribution is 2.53. The van der Waals surface area contributed by atoms with Crippen molar-refractivity contribution in [2.45, 2.75) is 0 Å². The van der Waals surface area contributed by atoms with Gasteiger partial charge >= 0.3 is 7.12 Å². The Balaban J connectivity index is 0.000000375. The van der Waals surface area contributed by atoms with E-state index in [9.17, 15) is 0 Å². The van der Waals surface area contributed by atoms with Crippen LogP contribution in [-0.4, -0.2) is 17.2 Å². The van der Waals surface area contributed by atoms with Gasteiger partial charge in [-0.15, -0.1) is 0 Å². The normalized spacial score (nSPS) is 11.9. The summed E-state index contributed by atoms with van der Waals surface area (Å²) in [4.78, 5) is 0. The SMILES string of the molecule is OB(O)c1ccccc1.c1ccc(-c2cc3c4cc5c(cc4c(-c4ccccc4)cc3c3cc4c(cc23)-c2cccc3cccc-4c23)-c2cccc3cccc-5c23)cc1. The molecule has 3 heteroatoms. The first-order valence-electron chi connectivity index (χ1n) is 20.2. The average Bonchev–Trinajstić information content (AvgIpc) is 3.79. The zero-order valence-corrected chi connectivity index (χ0v) is 32.0. The van der Waals surface area contributed by atoms with Gasteiger partial charge in [0.1, 0.15) is 0 Å². The topological polar surface area (TPSA) is 40.5 Å². The van der Waals surface area contributed by atoms with Crippen LogP contribution in [0.5, 0.6) is 0 Å². The number of hydrogen-bond donors (Lipinski definition) is 2. The molecule has 13 rings (SSSR count). The highest BCUT2D eigenvalue weighted by Gasteiger charge is 2.26. The molecule has 59 heavy (non-hydrogen) atoms. The van der Waals surface area contributed by atoms with Crippen molar-refractivity contribution in [3.05, 3.63) is 200 Å². The van der Waals surface area contributed by atoms with Crippen LogP contribution in [0.25, 0.3) is 121 Å². The van der Waals surface area contributed by atoms with Crippen molar-refractivity contribution in [2.75, 3.05) is 0 Å². The predicted molar refractivity (Wildman–Crippen MR) is 250 cm³/mol. The highest BCUT2D eigenvalue weighted by atomic mass is 16.4. The van der Waals surface area contributed by atoms with Gasteiger partial charge in [0, 0.05) is 0 Å². The van der Waals surface area contributed by atoms with Crippen LogP contribution < -0.4 is 5.46 Å². The predicted octanol–water partition coefficient (Wildman–Crippen LogP) is 13.4. The van der Waals surface area contributed by atoms with Crippen molar-refractivity contribution >= 4 is 66.4 Å². The second-order valence-corrected chi connectivity index (χ2v) is 15.8. The van der Waals surface area contributed by atoms with Crippen molar-refractivity contribution in [3.8, 4) is 66.8 Å². The molecule has 0 unspecified atom stereocenters. The quantitative estimate of drug-likeness (QED) is 0.139. The Hall–Kier alpha value is -7.30. The molecule has 2 nitrogen and oxygen atoms in total. The summed E-state index contributed by atoms with van der Waals surface area (Å²) in [7, 11) is -1.34. The fourth-order valence-corrected chi connectivity index (χ4v) is 9.95. The third kappa shape index (κ3) is 5.16. The summed E-state index contributed by atoms with van der Waals surface area (Å²) < 4.78 is 0. The lowest BCUT2D eigenvalue weighted by Crippen LogP contribution is -2.29. The van der Waals surface area contributed by atoms with Crippen molar-refractivity contribution in [2.24, 2.45) is 0 Å². The van der Waals surface area contributed by atoms with E-state index in [1.165, 1.54) is 121 Å². The maximum absolute atomic E-state index is 8.58. The average molecular weight is 751 g/mol. The van der Waals surface area contributed by atoms with E-state index in [0.717, 1.165) is 0 Å². The third-order valence-electron chi connectivity index (χ3n) is 12.6. The second-order valence-electron chi connectivity index (χ2n) is 15.8. The smallest absolute Gasteiger partial charge is 0.423 e. The van der Waals surface area contributed by atoms with Crippen molar-refractivity contribution in [3.63, 3.8) is 0 Å². The van der Waals surface area contributed by atoms with Gasteiger partial charge in [-0.2, -0.15) is 0 Å². The molecular weight excluding hydrogens is 715 g/mol. The van der Waals surface area contributed by atoms with E-state index < -0.39 is 7.12 Å². The van der Waals surface area contributed by atoms with Gasteiger partial charge in [-0.25, -0.2) is 0 Å². The minimum Gasteiger partial charge on any atom is -0.423 e. The molecule has 0 saturated heterocycles. The summed E-state index contributed by atoms with van der Waals surface area (Å²) in [5.74, 6) is 0. The zero-order valence-electron chi connectivity index (χ0n) is 32.0. The second kappa shape index (κ2) is 13.1. The fourth-order valence-electron chi connectivity index (χ4n) is 9.95. The first-order chi connectivity index (χ1) is 29.1. The van der Waals surface area contributed by atoms with E-state index in [4.69, 9.17) is 10.0 Å². The molecule has 2 N–H and O–H groups in total. The zero-order chi connectivity index (χ0) is 39.2. The highest BCUT2D eigenvalue weighted by molar-refractivity contribution is 6.58. The Kier molecular flexibility index (Phi) is 7.52. The maximum Gasteiger partial charge on any atom is 0.488 e. The molecule has 0 aliphatic heterocycles. The Morgan fingerprint density at radius 3 is 0.898 bits per heavy atom. The molecule has 0 heterocycles. The first-order valence-corrected chi connectivity index (χ1v) is 20.2. The van der Waals surface area contributed by atoms with Crippen LogP contribution in [0.2, 0.25) is 0 Å². The molecule has 0 aromatic heterocycles. The summed E-state index contributed by atoms with van der Waals surface area (Å²) in [6.07, 6.45) is 0. The molecule has 2 aliphatic carbocycles. The minimum absolute atomic E-state index is 0.525. The van der Waals surface area contributed by atoms with Gasteiger partial charge < -0.3 is 10.0 Å². The molecule has 11 aromatic rings.